The number of hydrogen-bond donors (Lipinski definition) is 1. The second-order valence-electron chi connectivity index (χ2n) is 7.09. The van der Waals surface area contributed by atoms with E-state index in [2.05, 4.69) is 21.1 Å². The molecule has 1 aromatic heterocycles. The third-order valence-electron chi connectivity index (χ3n) is 5.07. The Bertz CT molecular complexity index is 1240. The van der Waals surface area contributed by atoms with Crippen molar-refractivity contribution in [1.82, 2.24) is 5.16 Å². The minimum Gasteiger partial charge on any atom is -0.507 e. The van der Waals surface area contributed by atoms with Crippen molar-refractivity contribution in [2.24, 2.45) is 0 Å². The van der Waals surface area contributed by atoms with Gasteiger partial charge in [0.1, 0.15) is 11.5 Å². The van der Waals surface area contributed by atoms with Gasteiger partial charge in [-0.25, -0.2) is 4.79 Å². The number of aryl methyl sites for hydroxylation is 1. The van der Waals surface area contributed by atoms with E-state index in [0.717, 1.165) is 4.47 Å². The van der Waals surface area contributed by atoms with E-state index in [0.29, 0.717) is 22.5 Å². The first kappa shape index (κ1) is 21.5. The van der Waals surface area contributed by atoms with Crippen LogP contribution in [0.1, 0.15) is 33.3 Å². The SMILES string of the molecule is COC(=O)c1ccc([C@H]2/C(=C(\O)c3ccc(Br)cc3)C(=O)C(=O)N2c2cc(C)on2)cc1. The summed E-state index contributed by atoms with van der Waals surface area (Å²) in [7, 11) is 1.27. The molecule has 1 atom stereocenters. The number of benzene rings is 2. The van der Waals surface area contributed by atoms with E-state index in [1.165, 1.54) is 30.2 Å². The summed E-state index contributed by atoms with van der Waals surface area (Å²) in [6, 6.07) is 13.5. The van der Waals surface area contributed by atoms with Gasteiger partial charge in [0.15, 0.2) is 5.82 Å². The van der Waals surface area contributed by atoms with Gasteiger partial charge in [-0.1, -0.05) is 45.4 Å². The van der Waals surface area contributed by atoms with E-state index in [9.17, 15) is 19.5 Å². The van der Waals surface area contributed by atoms with Crippen LogP contribution in [-0.2, 0) is 14.3 Å². The van der Waals surface area contributed by atoms with E-state index in [-0.39, 0.29) is 17.2 Å². The fraction of sp³-hybridized carbons (Fsp3) is 0.130. The zero-order valence-electron chi connectivity index (χ0n) is 17.0. The smallest absolute Gasteiger partial charge is 0.337 e. The van der Waals surface area contributed by atoms with Gasteiger partial charge in [0, 0.05) is 16.1 Å². The van der Waals surface area contributed by atoms with Crippen molar-refractivity contribution >= 4 is 45.2 Å². The monoisotopic (exact) mass is 496 g/mol. The minimum atomic E-state index is -0.977. The molecule has 1 amide bonds. The molecule has 0 aliphatic carbocycles. The molecule has 0 spiro atoms. The topological polar surface area (TPSA) is 110 Å². The number of aliphatic hydroxyl groups excluding tert-OH is 1. The third kappa shape index (κ3) is 3.71. The molecule has 0 saturated carbocycles. The fourth-order valence-electron chi connectivity index (χ4n) is 3.53. The number of nitrogens with zero attached hydrogens (tertiary/aromatic N) is 2. The standard InChI is InChI=1S/C23H17BrN2O6/c1-12-11-17(25-32-12)26-19(13-3-5-15(6-4-13)23(30)31-2)18(21(28)22(26)29)20(27)14-7-9-16(24)10-8-14/h3-11,19,27H,1-2H3/b20-18+/t19-/m0/s1. The van der Waals surface area contributed by atoms with Crippen LogP contribution >= 0.6 is 15.9 Å². The molecule has 1 aliphatic heterocycles. The van der Waals surface area contributed by atoms with Crippen LogP contribution in [0.15, 0.2) is 69.2 Å². The average Bonchev–Trinajstić information content (AvgIpc) is 3.34. The number of aliphatic hydroxyl groups is 1. The van der Waals surface area contributed by atoms with E-state index >= 15 is 0 Å². The lowest BCUT2D eigenvalue weighted by Gasteiger charge is -2.23. The van der Waals surface area contributed by atoms with E-state index in [1.807, 2.05) is 0 Å². The van der Waals surface area contributed by atoms with Crippen LogP contribution in [0, 0.1) is 6.92 Å². The average molecular weight is 497 g/mol. The van der Waals surface area contributed by atoms with Crippen LogP contribution < -0.4 is 4.90 Å². The number of halogens is 1. The van der Waals surface area contributed by atoms with Gasteiger partial charge >= 0.3 is 11.9 Å². The van der Waals surface area contributed by atoms with Crippen molar-refractivity contribution in [2.75, 3.05) is 12.0 Å². The number of amides is 1. The van der Waals surface area contributed by atoms with Gasteiger partial charge in [-0.05, 0) is 36.8 Å². The number of methoxy groups -OCH3 is 1. The van der Waals surface area contributed by atoms with Crippen molar-refractivity contribution in [3.63, 3.8) is 0 Å². The molecule has 32 heavy (non-hydrogen) atoms. The number of hydrogen-bond acceptors (Lipinski definition) is 7. The van der Waals surface area contributed by atoms with Crippen LogP contribution in [0.4, 0.5) is 5.82 Å². The zero-order valence-corrected chi connectivity index (χ0v) is 18.6. The fourth-order valence-corrected chi connectivity index (χ4v) is 3.80. The summed E-state index contributed by atoms with van der Waals surface area (Å²) >= 11 is 3.33. The number of carbonyl (C=O) groups excluding carboxylic acids is 3. The highest BCUT2D eigenvalue weighted by Gasteiger charge is 2.48. The van der Waals surface area contributed by atoms with Gasteiger partial charge < -0.3 is 14.4 Å². The largest absolute Gasteiger partial charge is 0.507 e. The summed E-state index contributed by atoms with van der Waals surface area (Å²) < 4.78 is 10.6. The second-order valence-corrected chi connectivity index (χ2v) is 8.00. The minimum absolute atomic E-state index is 0.0937. The lowest BCUT2D eigenvalue weighted by molar-refractivity contribution is -0.132. The molecule has 2 heterocycles. The molecule has 3 aromatic rings. The zero-order chi connectivity index (χ0) is 23.0. The molecule has 0 bridgehead atoms. The first-order valence-corrected chi connectivity index (χ1v) is 10.3. The first-order valence-electron chi connectivity index (χ1n) is 9.50. The highest BCUT2D eigenvalue weighted by atomic mass is 79.9. The van der Waals surface area contributed by atoms with E-state index in [1.54, 1.807) is 43.3 Å². The highest BCUT2D eigenvalue weighted by molar-refractivity contribution is 9.10. The predicted octanol–water partition coefficient (Wildman–Crippen LogP) is 4.16. The number of esters is 1. The molecule has 162 valence electrons. The number of ether oxygens (including phenoxy) is 1. The quantitative estimate of drug-likeness (QED) is 0.250. The lowest BCUT2D eigenvalue weighted by Crippen LogP contribution is -2.29. The first-order chi connectivity index (χ1) is 15.3. The molecule has 0 radical (unpaired) electrons. The normalized spacial score (nSPS) is 17.6. The molecule has 4 rings (SSSR count). The Kier molecular flexibility index (Phi) is 5.67. The molecular weight excluding hydrogens is 480 g/mol. The Balaban J connectivity index is 1.90. The highest BCUT2D eigenvalue weighted by Crippen LogP contribution is 2.42. The number of rotatable bonds is 4. The maximum atomic E-state index is 13.0. The maximum Gasteiger partial charge on any atom is 0.337 e. The van der Waals surface area contributed by atoms with Crippen LogP contribution in [0.3, 0.4) is 0 Å². The van der Waals surface area contributed by atoms with Gasteiger partial charge in [-0.3, -0.25) is 14.5 Å². The van der Waals surface area contributed by atoms with Crippen LogP contribution in [0.2, 0.25) is 0 Å². The molecule has 2 aromatic carbocycles. The van der Waals surface area contributed by atoms with Crippen LogP contribution in [0.5, 0.6) is 0 Å². The molecule has 0 unspecified atom stereocenters. The molecule has 1 N–H and O–H groups in total. The predicted molar refractivity (Wildman–Crippen MR) is 118 cm³/mol. The van der Waals surface area contributed by atoms with Crippen LogP contribution in [-0.4, -0.2) is 35.0 Å². The van der Waals surface area contributed by atoms with E-state index in [4.69, 9.17) is 9.26 Å². The summed E-state index contributed by atoms with van der Waals surface area (Å²) in [4.78, 5) is 39.0. The van der Waals surface area contributed by atoms with Crippen molar-refractivity contribution in [3.05, 3.63) is 87.1 Å². The number of anilines is 1. The summed E-state index contributed by atoms with van der Waals surface area (Å²) in [5, 5.41) is 14.9. The summed E-state index contributed by atoms with van der Waals surface area (Å²) in [6.45, 7) is 1.66. The molecule has 1 aliphatic rings. The summed E-state index contributed by atoms with van der Waals surface area (Å²) in [6.07, 6.45) is 0. The Morgan fingerprint density at radius 1 is 1.09 bits per heavy atom. The molecular formula is C23H17BrN2O6. The Labute approximate surface area is 191 Å². The number of Topliss-reactive ketones (excluding diaryl/α,β-unsaturated/α-hetero) is 1. The van der Waals surface area contributed by atoms with Gasteiger partial charge in [-0.2, -0.15) is 0 Å². The Hall–Kier alpha value is -3.72. The van der Waals surface area contributed by atoms with Gasteiger partial charge in [0.2, 0.25) is 0 Å². The molecule has 1 fully saturated rings. The lowest BCUT2D eigenvalue weighted by atomic mass is 9.94. The summed E-state index contributed by atoms with van der Waals surface area (Å²) in [5.41, 5.74) is 1.08. The van der Waals surface area contributed by atoms with Crippen molar-refractivity contribution in [2.45, 2.75) is 13.0 Å². The third-order valence-corrected chi connectivity index (χ3v) is 5.60. The van der Waals surface area contributed by atoms with Gasteiger partial charge in [0.25, 0.3) is 5.78 Å². The summed E-state index contributed by atoms with van der Waals surface area (Å²) in [5.74, 6) is -1.95. The van der Waals surface area contributed by atoms with Crippen LogP contribution in [0.25, 0.3) is 5.76 Å². The molecule has 9 heteroatoms. The number of carbonyl (C=O) groups is 3. The second kappa shape index (κ2) is 8.43. The van der Waals surface area contributed by atoms with Crippen molar-refractivity contribution < 1.29 is 28.8 Å². The van der Waals surface area contributed by atoms with Gasteiger partial charge in [-0.15, -0.1) is 0 Å². The molecule has 8 nitrogen and oxygen atoms in total. The van der Waals surface area contributed by atoms with Gasteiger partial charge in [0.05, 0.1) is 24.3 Å². The maximum absolute atomic E-state index is 13.0. The Morgan fingerprint density at radius 3 is 2.28 bits per heavy atom. The van der Waals surface area contributed by atoms with E-state index < -0.39 is 23.7 Å². The number of aromatic nitrogens is 1. The molecule has 1 saturated heterocycles. The Morgan fingerprint density at radius 2 is 1.72 bits per heavy atom. The van der Waals surface area contributed by atoms with Crippen molar-refractivity contribution in [3.8, 4) is 0 Å². The number of ketones is 1. The van der Waals surface area contributed by atoms with Crippen molar-refractivity contribution in [1.29, 1.82) is 0 Å².